The molecule has 4 nitrogen and oxygen atoms in total. The molecule has 3 N–H and O–H groups in total. The Kier molecular flexibility index (Phi) is 4.01. The molecule has 1 aromatic carbocycles. The Morgan fingerprint density at radius 2 is 2.12 bits per heavy atom. The maximum absolute atomic E-state index is 5.53. The Hall–Kier alpha value is -1.52. The quantitative estimate of drug-likeness (QED) is 0.816. The highest BCUT2D eigenvalue weighted by atomic mass is 14.9. The van der Waals surface area contributed by atoms with E-state index in [0.29, 0.717) is 12.6 Å². The van der Waals surface area contributed by atoms with E-state index in [1.165, 1.54) is 5.56 Å². The minimum Gasteiger partial charge on any atom is -0.330 e. The number of nitrogens with zero attached hydrogens (tertiary/aromatic N) is 2. The molecule has 0 radical (unpaired) electrons. The van der Waals surface area contributed by atoms with E-state index < -0.39 is 0 Å². The van der Waals surface area contributed by atoms with Crippen molar-refractivity contribution in [3.05, 3.63) is 36.2 Å². The van der Waals surface area contributed by atoms with Crippen LogP contribution in [0.3, 0.4) is 0 Å². The van der Waals surface area contributed by atoms with Gasteiger partial charge in [-0.3, -0.25) is 9.97 Å². The van der Waals surface area contributed by atoms with Gasteiger partial charge in [-0.25, -0.2) is 0 Å². The van der Waals surface area contributed by atoms with E-state index in [0.717, 1.165) is 24.0 Å². The molecule has 2 rings (SSSR count). The SMILES string of the molecule is CC(CCN)NCc1cccc2nccnc12. The fourth-order valence-corrected chi connectivity index (χ4v) is 1.83. The molecule has 0 bridgehead atoms. The number of hydrogen-bond donors (Lipinski definition) is 2. The molecule has 0 fully saturated rings. The predicted octanol–water partition coefficient (Wildman–Crippen LogP) is 1.46. The molecular weight excluding hydrogens is 212 g/mol. The van der Waals surface area contributed by atoms with Gasteiger partial charge in [0.1, 0.15) is 0 Å². The third kappa shape index (κ3) is 2.99. The highest BCUT2D eigenvalue weighted by molar-refractivity contribution is 5.77. The van der Waals surface area contributed by atoms with Gasteiger partial charge in [0.15, 0.2) is 0 Å². The standard InChI is InChI=1S/C13H18N4/c1-10(5-6-14)17-9-11-3-2-4-12-13(11)16-8-7-15-12/h2-4,7-8,10,17H,5-6,9,14H2,1H3. The first-order chi connectivity index (χ1) is 8.31. The van der Waals surface area contributed by atoms with E-state index in [1.54, 1.807) is 12.4 Å². The zero-order chi connectivity index (χ0) is 12.1. The van der Waals surface area contributed by atoms with E-state index in [1.807, 2.05) is 12.1 Å². The van der Waals surface area contributed by atoms with E-state index in [2.05, 4.69) is 28.3 Å². The van der Waals surface area contributed by atoms with Gasteiger partial charge < -0.3 is 11.1 Å². The van der Waals surface area contributed by atoms with Gasteiger partial charge in [0.25, 0.3) is 0 Å². The minimum atomic E-state index is 0.423. The second-order valence-electron chi connectivity index (χ2n) is 4.20. The Morgan fingerprint density at radius 3 is 2.94 bits per heavy atom. The lowest BCUT2D eigenvalue weighted by atomic mass is 10.1. The highest BCUT2D eigenvalue weighted by Crippen LogP contribution is 2.13. The van der Waals surface area contributed by atoms with Crippen molar-refractivity contribution in [2.24, 2.45) is 5.73 Å². The summed E-state index contributed by atoms with van der Waals surface area (Å²) < 4.78 is 0. The summed E-state index contributed by atoms with van der Waals surface area (Å²) in [5.41, 5.74) is 8.62. The van der Waals surface area contributed by atoms with Gasteiger partial charge in [-0.15, -0.1) is 0 Å². The van der Waals surface area contributed by atoms with Gasteiger partial charge in [0.05, 0.1) is 11.0 Å². The van der Waals surface area contributed by atoms with Crippen LogP contribution >= 0.6 is 0 Å². The zero-order valence-corrected chi connectivity index (χ0v) is 10.1. The van der Waals surface area contributed by atoms with Crippen LogP contribution in [-0.4, -0.2) is 22.6 Å². The number of aromatic nitrogens is 2. The summed E-state index contributed by atoms with van der Waals surface area (Å²) in [6, 6.07) is 6.50. The van der Waals surface area contributed by atoms with E-state index >= 15 is 0 Å². The van der Waals surface area contributed by atoms with Crippen LogP contribution in [0, 0.1) is 0 Å². The number of rotatable bonds is 5. The molecule has 1 heterocycles. The predicted molar refractivity (Wildman–Crippen MR) is 69.5 cm³/mol. The average Bonchev–Trinajstić information content (AvgIpc) is 2.36. The monoisotopic (exact) mass is 230 g/mol. The van der Waals surface area contributed by atoms with Crippen LogP contribution in [-0.2, 0) is 6.54 Å². The fourth-order valence-electron chi connectivity index (χ4n) is 1.83. The number of benzene rings is 1. The Labute approximate surface area is 101 Å². The van der Waals surface area contributed by atoms with Crippen molar-refractivity contribution in [1.29, 1.82) is 0 Å². The molecular formula is C13H18N4. The summed E-state index contributed by atoms with van der Waals surface area (Å²) in [5, 5.41) is 3.44. The molecule has 2 aromatic rings. The van der Waals surface area contributed by atoms with Crippen LogP contribution in [0.5, 0.6) is 0 Å². The first kappa shape index (κ1) is 12.0. The Bertz CT molecular complexity index is 478. The third-order valence-corrected chi connectivity index (χ3v) is 2.82. The van der Waals surface area contributed by atoms with Crippen molar-refractivity contribution in [2.45, 2.75) is 25.9 Å². The molecule has 0 saturated carbocycles. The molecule has 0 spiro atoms. The number of nitrogens with two attached hydrogens (primary N) is 1. The Balaban J connectivity index is 2.13. The van der Waals surface area contributed by atoms with Gasteiger partial charge >= 0.3 is 0 Å². The number of hydrogen-bond acceptors (Lipinski definition) is 4. The second-order valence-corrected chi connectivity index (χ2v) is 4.20. The average molecular weight is 230 g/mol. The number of nitrogens with one attached hydrogen (secondary N) is 1. The van der Waals surface area contributed by atoms with Crippen LogP contribution in [0.1, 0.15) is 18.9 Å². The van der Waals surface area contributed by atoms with E-state index in [-0.39, 0.29) is 0 Å². The van der Waals surface area contributed by atoms with Crippen LogP contribution in [0.2, 0.25) is 0 Å². The maximum Gasteiger partial charge on any atom is 0.0931 e. The lowest BCUT2D eigenvalue weighted by molar-refractivity contribution is 0.521. The van der Waals surface area contributed by atoms with Crippen molar-refractivity contribution < 1.29 is 0 Å². The van der Waals surface area contributed by atoms with Gasteiger partial charge in [0.2, 0.25) is 0 Å². The summed E-state index contributed by atoms with van der Waals surface area (Å²) in [7, 11) is 0. The van der Waals surface area contributed by atoms with Gasteiger partial charge in [0, 0.05) is 25.0 Å². The molecule has 0 aliphatic carbocycles. The van der Waals surface area contributed by atoms with Gasteiger partial charge in [-0.1, -0.05) is 12.1 Å². The minimum absolute atomic E-state index is 0.423. The number of fused-ring (bicyclic) bond motifs is 1. The summed E-state index contributed by atoms with van der Waals surface area (Å²) >= 11 is 0. The number of para-hydroxylation sites is 1. The largest absolute Gasteiger partial charge is 0.330 e. The molecule has 0 saturated heterocycles. The zero-order valence-electron chi connectivity index (χ0n) is 10.1. The van der Waals surface area contributed by atoms with Crippen molar-refractivity contribution in [3.8, 4) is 0 Å². The topological polar surface area (TPSA) is 63.8 Å². The molecule has 4 heteroatoms. The lowest BCUT2D eigenvalue weighted by Gasteiger charge is -2.13. The first-order valence-corrected chi connectivity index (χ1v) is 5.93. The first-order valence-electron chi connectivity index (χ1n) is 5.93. The van der Waals surface area contributed by atoms with Gasteiger partial charge in [-0.2, -0.15) is 0 Å². The molecule has 17 heavy (non-hydrogen) atoms. The Morgan fingerprint density at radius 1 is 1.29 bits per heavy atom. The summed E-state index contributed by atoms with van der Waals surface area (Å²) in [4.78, 5) is 8.67. The van der Waals surface area contributed by atoms with Crippen molar-refractivity contribution in [3.63, 3.8) is 0 Å². The normalized spacial score (nSPS) is 12.8. The molecule has 1 unspecified atom stereocenters. The van der Waals surface area contributed by atoms with E-state index in [9.17, 15) is 0 Å². The summed E-state index contributed by atoms with van der Waals surface area (Å²) in [6.45, 7) is 3.66. The highest BCUT2D eigenvalue weighted by Gasteiger charge is 2.04. The summed E-state index contributed by atoms with van der Waals surface area (Å²) in [6.07, 6.45) is 4.43. The maximum atomic E-state index is 5.53. The van der Waals surface area contributed by atoms with Crippen LogP contribution in [0.4, 0.5) is 0 Å². The van der Waals surface area contributed by atoms with Crippen LogP contribution in [0.25, 0.3) is 11.0 Å². The third-order valence-electron chi connectivity index (χ3n) is 2.82. The smallest absolute Gasteiger partial charge is 0.0931 e. The molecule has 0 aliphatic rings. The molecule has 1 aromatic heterocycles. The van der Waals surface area contributed by atoms with Crippen LogP contribution in [0.15, 0.2) is 30.6 Å². The lowest BCUT2D eigenvalue weighted by Crippen LogP contribution is -2.27. The fraction of sp³-hybridized carbons (Fsp3) is 0.385. The van der Waals surface area contributed by atoms with E-state index in [4.69, 9.17) is 5.73 Å². The summed E-state index contributed by atoms with van der Waals surface area (Å²) in [5.74, 6) is 0. The van der Waals surface area contributed by atoms with Crippen LogP contribution < -0.4 is 11.1 Å². The van der Waals surface area contributed by atoms with Crippen molar-refractivity contribution in [2.75, 3.05) is 6.54 Å². The molecule has 0 amide bonds. The molecule has 1 atom stereocenters. The molecule has 0 aliphatic heterocycles. The van der Waals surface area contributed by atoms with Crippen molar-refractivity contribution in [1.82, 2.24) is 15.3 Å². The molecule has 90 valence electrons. The van der Waals surface area contributed by atoms with Crippen molar-refractivity contribution >= 4 is 11.0 Å². The second kappa shape index (κ2) is 5.70. The van der Waals surface area contributed by atoms with Gasteiger partial charge in [-0.05, 0) is 31.5 Å².